The quantitative estimate of drug-likeness (QED) is 0.862. The molecular formula is C11H19N3OS. The lowest BCUT2D eigenvalue weighted by molar-refractivity contribution is 0.0831. The van der Waals surface area contributed by atoms with Crippen LogP contribution >= 0.6 is 11.3 Å². The molecule has 0 bridgehead atoms. The number of methoxy groups -OCH3 is 1. The van der Waals surface area contributed by atoms with Crippen molar-refractivity contribution in [2.45, 2.75) is 24.9 Å². The summed E-state index contributed by atoms with van der Waals surface area (Å²) in [6, 6.07) is 0.475. The number of nitrogens with two attached hydrogens (primary N) is 1. The lowest BCUT2D eigenvalue weighted by Crippen LogP contribution is -2.47. The summed E-state index contributed by atoms with van der Waals surface area (Å²) in [5.74, 6) is 0. The van der Waals surface area contributed by atoms with Gasteiger partial charge in [0.1, 0.15) is 0 Å². The first-order valence-corrected chi connectivity index (χ1v) is 6.64. The van der Waals surface area contributed by atoms with Crippen LogP contribution in [-0.2, 0) is 4.74 Å². The van der Waals surface area contributed by atoms with E-state index >= 15 is 0 Å². The van der Waals surface area contributed by atoms with E-state index in [-0.39, 0.29) is 12.1 Å². The van der Waals surface area contributed by atoms with Crippen molar-refractivity contribution in [3.05, 3.63) is 16.6 Å². The molecule has 0 spiro atoms. The third-order valence-corrected chi connectivity index (χ3v) is 3.72. The van der Waals surface area contributed by atoms with E-state index in [2.05, 4.69) is 15.3 Å². The van der Waals surface area contributed by atoms with Gasteiger partial charge in [0.2, 0.25) is 0 Å². The van der Waals surface area contributed by atoms with Crippen LogP contribution in [-0.4, -0.2) is 42.7 Å². The van der Waals surface area contributed by atoms with Gasteiger partial charge in [-0.1, -0.05) is 0 Å². The highest BCUT2D eigenvalue weighted by molar-refractivity contribution is 7.07. The number of ether oxygens (including phenoxy) is 1. The summed E-state index contributed by atoms with van der Waals surface area (Å²) in [6.07, 6.45) is 2.26. The highest BCUT2D eigenvalue weighted by Crippen LogP contribution is 2.29. The Morgan fingerprint density at radius 2 is 2.56 bits per heavy atom. The first-order valence-electron chi connectivity index (χ1n) is 5.69. The maximum Gasteiger partial charge on any atom is 0.0795 e. The molecule has 1 aromatic heterocycles. The molecule has 0 aromatic carbocycles. The number of nitrogens with zero attached hydrogens (tertiary/aromatic N) is 2. The van der Waals surface area contributed by atoms with Gasteiger partial charge in [-0.25, -0.2) is 4.98 Å². The SMILES string of the molecule is COCCN1CCCC(N)C1c1cscn1. The number of hydrogen-bond acceptors (Lipinski definition) is 5. The maximum absolute atomic E-state index is 6.21. The van der Waals surface area contributed by atoms with Gasteiger partial charge in [0.05, 0.1) is 23.9 Å². The Hall–Kier alpha value is -0.490. The van der Waals surface area contributed by atoms with E-state index in [1.807, 2.05) is 5.51 Å². The normalized spacial score (nSPS) is 27.1. The van der Waals surface area contributed by atoms with Crippen LogP contribution in [0, 0.1) is 0 Å². The van der Waals surface area contributed by atoms with Gasteiger partial charge in [-0.3, -0.25) is 4.90 Å². The molecule has 0 saturated carbocycles. The van der Waals surface area contributed by atoms with Crippen LogP contribution in [0.1, 0.15) is 24.6 Å². The second-order valence-corrected chi connectivity index (χ2v) is 4.91. The van der Waals surface area contributed by atoms with Crippen molar-refractivity contribution in [3.63, 3.8) is 0 Å². The highest BCUT2D eigenvalue weighted by atomic mass is 32.1. The number of thiazole rings is 1. The number of piperidine rings is 1. The van der Waals surface area contributed by atoms with E-state index in [1.54, 1.807) is 18.4 Å². The first kappa shape index (κ1) is 12.0. The molecule has 0 aliphatic carbocycles. The summed E-state index contributed by atoms with van der Waals surface area (Å²) in [5, 5.41) is 2.11. The maximum atomic E-state index is 6.21. The molecule has 0 amide bonds. The Labute approximate surface area is 100 Å². The minimum atomic E-state index is 0.202. The Balaban J connectivity index is 2.08. The molecule has 1 aliphatic heterocycles. The zero-order valence-electron chi connectivity index (χ0n) is 9.63. The van der Waals surface area contributed by atoms with Crippen molar-refractivity contribution in [3.8, 4) is 0 Å². The third kappa shape index (κ3) is 2.60. The van der Waals surface area contributed by atoms with E-state index in [0.717, 1.165) is 31.8 Å². The Bertz CT molecular complexity index is 304. The van der Waals surface area contributed by atoms with Gasteiger partial charge in [0, 0.05) is 25.1 Å². The average Bonchev–Trinajstić information content (AvgIpc) is 2.79. The summed E-state index contributed by atoms with van der Waals surface area (Å²) in [4.78, 5) is 6.80. The number of aromatic nitrogens is 1. The smallest absolute Gasteiger partial charge is 0.0795 e. The van der Waals surface area contributed by atoms with Crippen LogP contribution in [0.25, 0.3) is 0 Å². The van der Waals surface area contributed by atoms with Crippen LogP contribution in [0.15, 0.2) is 10.9 Å². The molecule has 2 unspecified atom stereocenters. The fourth-order valence-corrected chi connectivity index (χ4v) is 2.91. The molecule has 5 heteroatoms. The van der Waals surface area contributed by atoms with Crippen molar-refractivity contribution in [1.82, 2.24) is 9.88 Å². The second-order valence-electron chi connectivity index (χ2n) is 4.19. The van der Waals surface area contributed by atoms with Gasteiger partial charge in [0.15, 0.2) is 0 Å². The van der Waals surface area contributed by atoms with E-state index in [1.165, 1.54) is 6.42 Å². The van der Waals surface area contributed by atoms with Crippen molar-refractivity contribution in [2.24, 2.45) is 5.73 Å². The number of rotatable bonds is 4. The lowest BCUT2D eigenvalue weighted by Gasteiger charge is -2.38. The molecule has 4 nitrogen and oxygen atoms in total. The van der Waals surface area contributed by atoms with E-state index < -0.39 is 0 Å². The summed E-state index contributed by atoms with van der Waals surface area (Å²) in [7, 11) is 1.74. The molecular weight excluding hydrogens is 222 g/mol. The molecule has 2 heterocycles. The zero-order valence-corrected chi connectivity index (χ0v) is 10.4. The fraction of sp³-hybridized carbons (Fsp3) is 0.727. The van der Waals surface area contributed by atoms with Gasteiger partial charge in [-0.15, -0.1) is 11.3 Å². The van der Waals surface area contributed by atoms with Crippen molar-refractivity contribution >= 4 is 11.3 Å². The van der Waals surface area contributed by atoms with Crippen LogP contribution < -0.4 is 5.73 Å². The molecule has 1 saturated heterocycles. The Kier molecular flexibility index (Phi) is 4.29. The van der Waals surface area contributed by atoms with Gasteiger partial charge in [0.25, 0.3) is 0 Å². The fourth-order valence-electron chi connectivity index (χ4n) is 2.33. The van der Waals surface area contributed by atoms with Crippen molar-refractivity contribution < 1.29 is 4.74 Å². The molecule has 2 rings (SSSR count). The number of likely N-dealkylation sites (tertiary alicyclic amines) is 1. The number of hydrogen-bond donors (Lipinski definition) is 1. The molecule has 1 fully saturated rings. The third-order valence-electron chi connectivity index (χ3n) is 3.12. The summed E-state index contributed by atoms with van der Waals surface area (Å²) >= 11 is 1.64. The lowest BCUT2D eigenvalue weighted by atomic mass is 9.95. The summed E-state index contributed by atoms with van der Waals surface area (Å²) in [6.45, 7) is 2.79. The predicted molar refractivity (Wildman–Crippen MR) is 65.5 cm³/mol. The van der Waals surface area contributed by atoms with E-state index in [0.29, 0.717) is 0 Å². The highest BCUT2D eigenvalue weighted by Gasteiger charge is 2.31. The van der Waals surface area contributed by atoms with Gasteiger partial charge in [-0.05, 0) is 19.4 Å². The topological polar surface area (TPSA) is 51.4 Å². The summed E-state index contributed by atoms with van der Waals surface area (Å²) in [5.41, 5.74) is 9.21. The monoisotopic (exact) mass is 241 g/mol. The zero-order chi connectivity index (χ0) is 11.4. The molecule has 1 aromatic rings. The molecule has 2 atom stereocenters. The molecule has 16 heavy (non-hydrogen) atoms. The second kappa shape index (κ2) is 5.72. The Morgan fingerprint density at radius 3 is 3.25 bits per heavy atom. The minimum absolute atomic E-state index is 0.202. The largest absolute Gasteiger partial charge is 0.383 e. The molecule has 2 N–H and O–H groups in total. The van der Waals surface area contributed by atoms with Gasteiger partial charge < -0.3 is 10.5 Å². The van der Waals surface area contributed by atoms with Crippen molar-refractivity contribution in [1.29, 1.82) is 0 Å². The first-order chi connectivity index (χ1) is 7.83. The molecule has 90 valence electrons. The Morgan fingerprint density at radius 1 is 1.69 bits per heavy atom. The van der Waals surface area contributed by atoms with E-state index in [4.69, 9.17) is 10.5 Å². The van der Waals surface area contributed by atoms with Crippen molar-refractivity contribution in [2.75, 3.05) is 26.8 Å². The summed E-state index contributed by atoms with van der Waals surface area (Å²) < 4.78 is 5.15. The van der Waals surface area contributed by atoms with E-state index in [9.17, 15) is 0 Å². The van der Waals surface area contributed by atoms with Crippen LogP contribution in [0.3, 0.4) is 0 Å². The average molecular weight is 241 g/mol. The minimum Gasteiger partial charge on any atom is -0.383 e. The van der Waals surface area contributed by atoms with Gasteiger partial charge in [-0.2, -0.15) is 0 Å². The molecule has 1 aliphatic rings. The molecule has 0 radical (unpaired) electrons. The van der Waals surface area contributed by atoms with Crippen LogP contribution in [0.5, 0.6) is 0 Å². The van der Waals surface area contributed by atoms with Gasteiger partial charge >= 0.3 is 0 Å². The van der Waals surface area contributed by atoms with Crippen LogP contribution in [0.2, 0.25) is 0 Å². The standard InChI is InChI=1S/C11H19N3OS/c1-15-6-5-14-4-2-3-9(12)11(14)10-7-16-8-13-10/h7-9,11H,2-6,12H2,1H3. The van der Waals surface area contributed by atoms with Crippen LogP contribution in [0.4, 0.5) is 0 Å². The predicted octanol–water partition coefficient (Wildman–Crippen LogP) is 1.25.